The van der Waals surface area contributed by atoms with Crippen LogP contribution in [0.5, 0.6) is 0 Å². The van der Waals surface area contributed by atoms with E-state index >= 15 is 0 Å². The van der Waals surface area contributed by atoms with E-state index in [1.54, 1.807) is 0 Å². The second-order valence-electron chi connectivity index (χ2n) is 7.93. The molecule has 0 bridgehead atoms. The number of carbonyl (C=O) groups excluding carboxylic acids is 1. The van der Waals surface area contributed by atoms with Gasteiger partial charge in [0.05, 0.1) is 30.7 Å². The SMILES string of the molecule is C=CNc1cnc(N2CCOCC2)nc1C(N)=Nc1cc(C(=O)Nc2cc(C(F)(F)F)ccn2)ccc1F. The molecule has 1 aliphatic heterocycles. The molecule has 2 aromatic heterocycles. The first kappa shape index (κ1) is 26.5. The number of nitrogens with one attached hydrogen (secondary N) is 2. The number of pyridine rings is 1. The molecular formula is C24H22F4N8O2. The van der Waals surface area contributed by atoms with Gasteiger partial charge in [0.25, 0.3) is 5.91 Å². The monoisotopic (exact) mass is 530 g/mol. The topological polar surface area (TPSA) is 131 Å². The molecule has 4 N–H and O–H groups in total. The Kier molecular flexibility index (Phi) is 7.81. The summed E-state index contributed by atoms with van der Waals surface area (Å²) in [7, 11) is 0. The molecule has 10 nitrogen and oxygen atoms in total. The number of ether oxygens (including phenoxy) is 1. The molecular weight excluding hydrogens is 508 g/mol. The van der Waals surface area contributed by atoms with Crippen molar-refractivity contribution in [1.82, 2.24) is 15.0 Å². The Morgan fingerprint density at radius 2 is 1.95 bits per heavy atom. The average molecular weight is 530 g/mol. The Balaban J connectivity index is 1.62. The lowest BCUT2D eigenvalue weighted by Crippen LogP contribution is -2.37. The number of halogens is 4. The molecule has 1 aromatic carbocycles. The van der Waals surface area contributed by atoms with Crippen molar-refractivity contribution in [2.45, 2.75) is 6.18 Å². The summed E-state index contributed by atoms with van der Waals surface area (Å²) in [6, 6.07) is 4.71. The Hall–Kier alpha value is -4.59. The van der Waals surface area contributed by atoms with Gasteiger partial charge in [0.2, 0.25) is 5.95 Å². The molecule has 0 unspecified atom stereocenters. The van der Waals surface area contributed by atoms with Crippen LogP contribution in [0.2, 0.25) is 0 Å². The molecule has 1 fully saturated rings. The fourth-order valence-corrected chi connectivity index (χ4v) is 3.49. The molecule has 0 radical (unpaired) electrons. The van der Waals surface area contributed by atoms with Gasteiger partial charge in [-0.1, -0.05) is 6.58 Å². The molecule has 0 spiro atoms. The quantitative estimate of drug-likeness (QED) is 0.239. The summed E-state index contributed by atoms with van der Waals surface area (Å²) >= 11 is 0. The smallest absolute Gasteiger partial charge is 0.382 e. The zero-order chi connectivity index (χ0) is 27.3. The standard InChI is InChI=1S/C24H22F4N8O2/c1-2-30-18-13-32-23(36-7-9-38-10-8-36)35-20(18)21(29)33-17-11-14(3-4-16(17)25)22(37)34-19-12-15(5-6-31-19)24(26,27)28/h2-6,11-13,30H,1,7-10H2,(H2,29,33)(H,31,34,37). The summed E-state index contributed by atoms with van der Waals surface area (Å²) in [5.41, 5.74) is 5.37. The number of morpholine rings is 1. The number of anilines is 3. The third-order valence-electron chi connectivity index (χ3n) is 5.35. The number of amidine groups is 1. The number of nitrogens with zero attached hydrogens (tertiary/aromatic N) is 5. The minimum absolute atomic E-state index is 0.0849. The van der Waals surface area contributed by atoms with Gasteiger partial charge >= 0.3 is 6.18 Å². The zero-order valence-electron chi connectivity index (χ0n) is 19.8. The van der Waals surface area contributed by atoms with Gasteiger partial charge in [-0.25, -0.2) is 24.3 Å². The van der Waals surface area contributed by atoms with Gasteiger partial charge in [0, 0.05) is 24.8 Å². The number of carbonyl (C=O) groups is 1. The lowest BCUT2D eigenvalue weighted by Gasteiger charge is -2.27. The summed E-state index contributed by atoms with van der Waals surface area (Å²) in [6.45, 7) is 5.75. The van der Waals surface area contributed by atoms with Crippen molar-refractivity contribution in [1.29, 1.82) is 0 Å². The molecule has 38 heavy (non-hydrogen) atoms. The van der Waals surface area contributed by atoms with Gasteiger partial charge in [-0.05, 0) is 36.5 Å². The van der Waals surface area contributed by atoms with Crippen LogP contribution < -0.4 is 21.3 Å². The number of nitrogens with two attached hydrogens (primary N) is 1. The van der Waals surface area contributed by atoms with Gasteiger partial charge in [-0.15, -0.1) is 0 Å². The second-order valence-corrected chi connectivity index (χ2v) is 7.93. The van der Waals surface area contributed by atoms with Crippen molar-refractivity contribution in [3.8, 4) is 0 Å². The van der Waals surface area contributed by atoms with Gasteiger partial charge in [-0.3, -0.25) is 4.79 Å². The molecule has 4 rings (SSSR count). The number of hydrogen-bond donors (Lipinski definition) is 3. The fourth-order valence-electron chi connectivity index (χ4n) is 3.49. The molecule has 1 amide bonds. The van der Waals surface area contributed by atoms with E-state index < -0.39 is 23.5 Å². The molecule has 1 aliphatic rings. The van der Waals surface area contributed by atoms with Gasteiger partial charge < -0.3 is 26.0 Å². The van der Waals surface area contributed by atoms with Gasteiger partial charge in [0.1, 0.15) is 23.0 Å². The second kappa shape index (κ2) is 11.2. The van der Waals surface area contributed by atoms with Crippen molar-refractivity contribution in [3.63, 3.8) is 0 Å². The largest absolute Gasteiger partial charge is 0.416 e. The first-order valence-corrected chi connectivity index (χ1v) is 11.2. The molecule has 0 atom stereocenters. The minimum Gasteiger partial charge on any atom is -0.382 e. The van der Waals surface area contributed by atoms with Gasteiger partial charge in [0.15, 0.2) is 5.84 Å². The highest BCUT2D eigenvalue weighted by Gasteiger charge is 2.31. The van der Waals surface area contributed by atoms with Crippen LogP contribution in [0.4, 0.5) is 40.7 Å². The highest BCUT2D eigenvalue weighted by atomic mass is 19.4. The molecule has 198 valence electrons. The van der Waals surface area contributed by atoms with Crippen LogP contribution in [0.15, 0.2) is 60.5 Å². The Morgan fingerprint density at radius 1 is 1.18 bits per heavy atom. The molecule has 1 saturated heterocycles. The number of hydrogen-bond acceptors (Lipinski definition) is 8. The molecule has 14 heteroatoms. The predicted octanol–water partition coefficient (Wildman–Crippen LogP) is 3.71. The van der Waals surface area contributed by atoms with Crippen LogP contribution >= 0.6 is 0 Å². The maximum Gasteiger partial charge on any atom is 0.416 e. The van der Waals surface area contributed by atoms with E-state index in [2.05, 4.69) is 37.2 Å². The van der Waals surface area contributed by atoms with Crippen molar-refractivity contribution in [3.05, 3.63) is 78.1 Å². The van der Waals surface area contributed by atoms with E-state index in [1.165, 1.54) is 12.4 Å². The highest BCUT2D eigenvalue weighted by molar-refractivity contribution is 6.05. The fraction of sp³-hybridized carbons (Fsp3) is 0.208. The van der Waals surface area contributed by atoms with Crippen molar-refractivity contribution in [2.75, 3.05) is 41.8 Å². The van der Waals surface area contributed by atoms with E-state index in [4.69, 9.17) is 10.5 Å². The van der Waals surface area contributed by atoms with Crippen LogP contribution in [0.25, 0.3) is 0 Å². The third-order valence-corrected chi connectivity index (χ3v) is 5.35. The van der Waals surface area contributed by atoms with Crippen LogP contribution in [-0.2, 0) is 10.9 Å². The molecule has 3 aromatic rings. The first-order chi connectivity index (χ1) is 18.2. The summed E-state index contributed by atoms with van der Waals surface area (Å²) in [6.07, 6.45) is -0.822. The number of aliphatic imine (C=N–C) groups is 1. The maximum absolute atomic E-state index is 14.6. The Bertz CT molecular complexity index is 1370. The zero-order valence-corrected chi connectivity index (χ0v) is 19.8. The number of aromatic nitrogens is 3. The summed E-state index contributed by atoms with van der Waals surface area (Å²) in [5, 5.41) is 5.11. The summed E-state index contributed by atoms with van der Waals surface area (Å²) in [5.74, 6) is -1.74. The van der Waals surface area contributed by atoms with Crippen molar-refractivity contribution >= 4 is 34.9 Å². The molecule has 3 heterocycles. The van der Waals surface area contributed by atoms with Crippen LogP contribution in [0, 0.1) is 5.82 Å². The number of rotatable bonds is 7. The third kappa shape index (κ3) is 6.21. The van der Waals surface area contributed by atoms with E-state index in [0.717, 1.165) is 30.5 Å². The normalized spacial score (nSPS) is 14.2. The van der Waals surface area contributed by atoms with Gasteiger partial charge in [-0.2, -0.15) is 13.2 Å². The van der Waals surface area contributed by atoms with Crippen molar-refractivity contribution < 1.29 is 27.1 Å². The van der Waals surface area contributed by atoms with E-state index in [0.29, 0.717) is 44.0 Å². The number of benzene rings is 1. The van der Waals surface area contributed by atoms with E-state index in [9.17, 15) is 22.4 Å². The summed E-state index contributed by atoms with van der Waals surface area (Å²) in [4.78, 5) is 31.2. The van der Waals surface area contributed by atoms with E-state index in [-0.39, 0.29) is 28.6 Å². The Morgan fingerprint density at radius 3 is 2.66 bits per heavy atom. The maximum atomic E-state index is 14.6. The van der Waals surface area contributed by atoms with E-state index in [1.807, 2.05) is 4.90 Å². The highest BCUT2D eigenvalue weighted by Crippen LogP contribution is 2.30. The molecule has 0 aliphatic carbocycles. The van der Waals surface area contributed by atoms with Crippen LogP contribution in [0.1, 0.15) is 21.6 Å². The van der Waals surface area contributed by atoms with Crippen LogP contribution in [0.3, 0.4) is 0 Å². The first-order valence-electron chi connectivity index (χ1n) is 11.2. The lowest BCUT2D eigenvalue weighted by molar-refractivity contribution is -0.137. The van der Waals surface area contributed by atoms with Crippen LogP contribution in [-0.4, -0.2) is 53.0 Å². The predicted molar refractivity (Wildman–Crippen MR) is 133 cm³/mol. The number of amides is 1. The van der Waals surface area contributed by atoms with Crippen molar-refractivity contribution in [2.24, 2.45) is 10.7 Å². The average Bonchev–Trinajstić information content (AvgIpc) is 2.90. The number of alkyl halides is 3. The lowest BCUT2D eigenvalue weighted by atomic mass is 10.1. The molecule has 0 saturated carbocycles. The summed E-state index contributed by atoms with van der Waals surface area (Å²) < 4.78 is 58.8. The Labute approximate surface area is 214 Å². The minimum atomic E-state index is -4.61.